The molecule has 5 nitrogen and oxygen atoms in total. The molecule has 0 aromatic heterocycles. The molecule has 1 saturated heterocycles. The number of rotatable bonds is 5. The van der Waals surface area contributed by atoms with E-state index >= 15 is 0 Å². The van der Waals surface area contributed by atoms with Gasteiger partial charge in [0, 0.05) is 13.0 Å². The van der Waals surface area contributed by atoms with Gasteiger partial charge in [-0.3, -0.25) is 4.79 Å². The molecule has 1 rings (SSSR count). The molecule has 2 unspecified atom stereocenters. The van der Waals surface area contributed by atoms with Gasteiger partial charge in [0.2, 0.25) is 5.91 Å². The highest BCUT2D eigenvalue weighted by Gasteiger charge is 2.34. The predicted molar refractivity (Wildman–Crippen MR) is 60.3 cm³/mol. The van der Waals surface area contributed by atoms with Crippen LogP contribution in [0.15, 0.2) is 0 Å². The van der Waals surface area contributed by atoms with Crippen LogP contribution in [0.2, 0.25) is 0 Å². The third-order valence-electron chi connectivity index (χ3n) is 2.68. The molecule has 1 aliphatic rings. The summed E-state index contributed by atoms with van der Waals surface area (Å²) in [5, 5.41) is 2.59. The van der Waals surface area contributed by atoms with Crippen molar-refractivity contribution >= 4 is 12.0 Å². The SMILES string of the molecule is CC(=O)NC[C@H]1CN(C(C)CC(C)F)C(=O)O1. The molecule has 17 heavy (non-hydrogen) atoms. The van der Waals surface area contributed by atoms with Gasteiger partial charge in [0.05, 0.1) is 19.3 Å². The second-order valence-corrected chi connectivity index (χ2v) is 4.46. The lowest BCUT2D eigenvalue weighted by molar-refractivity contribution is -0.119. The standard InChI is InChI=1S/C11H19FN2O3/c1-7(12)4-8(2)14-6-10(17-11(14)16)5-13-9(3)15/h7-8,10H,4-6H2,1-3H3,(H,13,15)/t7?,8?,10-/m0/s1. The zero-order valence-corrected chi connectivity index (χ0v) is 10.4. The van der Waals surface area contributed by atoms with Gasteiger partial charge in [-0.15, -0.1) is 0 Å². The number of halogens is 1. The number of carbonyl (C=O) groups is 2. The van der Waals surface area contributed by atoms with Gasteiger partial charge in [-0.25, -0.2) is 9.18 Å². The molecule has 1 fully saturated rings. The Morgan fingerprint density at radius 2 is 2.29 bits per heavy atom. The van der Waals surface area contributed by atoms with Crippen molar-refractivity contribution in [3.63, 3.8) is 0 Å². The number of nitrogens with zero attached hydrogens (tertiary/aromatic N) is 1. The average Bonchev–Trinajstić information content (AvgIpc) is 2.55. The Kier molecular flexibility index (Phi) is 4.72. The molecule has 0 spiro atoms. The number of cyclic esters (lactones) is 1. The Bertz CT molecular complexity index is 296. The van der Waals surface area contributed by atoms with Gasteiger partial charge in [-0.05, 0) is 20.3 Å². The lowest BCUT2D eigenvalue weighted by Crippen LogP contribution is -2.37. The Hall–Kier alpha value is -1.33. The van der Waals surface area contributed by atoms with Crippen LogP contribution in [-0.2, 0) is 9.53 Å². The van der Waals surface area contributed by atoms with Crippen molar-refractivity contribution in [2.24, 2.45) is 0 Å². The molecule has 98 valence electrons. The molecule has 0 aliphatic carbocycles. The second kappa shape index (κ2) is 5.84. The molecular weight excluding hydrogens is 227 g/mol. The van der Waals surface area contributed by atoms with Gasteiger partial charge in [-0.2, -0.15) is 0 Å². The summed E-state index contributed by atoms with van der Waals surface area (Å²) in [4.78, 5) is 23.8. The highest BCUT2D eigenvalue weighted by molar-refractivity contribution is 5.73. The number of carbonyl (C=O) groups excluding carboxylic acids is 2. The van der Waals surface area contributed by atoms with E-state index in [4.69, 9.17) is 4.74 Å². The van der Waals surface area contributed by atoms with E-state index in [1.807, 2.05) is 0 Å². The first-order valence-electron chi connectivity index (χ1n) is 5.76. The zero-order valence-electron chi connectivity index (χ0n) is 10.4. The van der Waals surface area contributed by atoms with Crippen LogP contribution in [0.3, 0.4) is 0 Å². The van der Waals surface area contributed by atoms with Gasteiger partial charge < -0.3 is 15.0 Å². The minimum absolute atomic E-state index is 0.162. The number of amides is 2. The van der Waals surface area contributed by atoms with Gasteiger partial charge in [0.1, 0.15) is 6.10 Å². The highest BCUT2D eigenvalue weighted by Crippen LogP contribution is 2.17. The Balaban J connectivity index is 2.43. The van der Waals surface area contributed by atoms with E-state index in [9.17, 15) is 14.0 Å². The van der Waals surface area contributed by atoms with Crippen LogP contribution in [0.25, 0.3) is 0 Å². The third-order valence-corrected chi connectivity index (χ3v) is 2.68. The average molecular weight is 246 g/mol. The normalized spacial score (nSPS) is 23.2. The molecule has 6 heteroatoms. The van der Waals surface area contributed by atoms with Gasteiger partial charge in [-0.1, -0.05) is 0 Å². The van der Waals surface area contributed by atoms with Gasteiger partial charge in [0.15, 0.2) is 0 Å². The fraction of sp³-hybridized carbons (Fsp3) is 0.818. The highest BCUT2D eigenvalue weighted by atomic mass is 19.1. The van der Waals surface area contributed by atoms with Crippen molar-refractivity contribution in [1.82, 2.24) is 10.2 Å². The monoisotopic (exact) mass is 246 g/mol. The van der Waals surface area contributed by atoms with E-state index in [0.29, 0.717) is 19.5 Å². The number of alkyl halides is 1. The summed E-state index contributed by atoms with van der Waals surface area (Å²) in [5.41, 5.74) is 0. The summed E-state index contributed by atoms with van der Waals surface area (Å²) in [7, 11) is 0. The van der Waals surface area contributed by atoms with Crippen LogP contribution in [0.5, 0.6) is 0 Å². The van der Waals surface area contributed by atoms with Crippen LogP contribution in [0, 0.1) is 0 Å². The van der Waals surface area contributed by atoms with Crippen molar-refractivity contribution in [3.8, 4) is 0 Å². The molecule has 0 bridgehead atoms. The van der Waals surface area contributed by atoms with Crippen molar-refractivity contribution in [1.29, 1.82) is 0 Å². The molecule has 0 aromatic carbocycles. The number of ether oxygens (including phenoxy) is 1. The van der Waals surface area contributed by atoms with Crippen LogP contribution in [0.4, 0.5) is 9.18 Å². The second-order valence-electron chi connectivity index (χ2n) is 4.46. The summed E-state index contributed by atoms with van der Waals surface area (Å²) < 4.78 is 17.9. The molecule has 1 aliphatic heterocycles. The van der Waals surface area contributed by atoms with Crippen LogP contribution < -0.4 is 5.32 Å². The predicted octanol–water partition coefficient (Wildman–Crippen LogP) is 1.08. The first-order valence-corrected chi connectivity index (χ1v) is 5.76. The van der Waals surface area contributed by atoms with E-state index in [1.165, 1.54) is 18.7 Å². The van der Waals surface area contributed by atoms with Crippen LogP contribution in [-0.4, -0.2) is 48.3 Å². The van der Waals surface area contributed by atoms with Crippen LogP contribution in [0.1, 0.15) is 27.2 Å². The topological polar surface area (TPSA) is 58.6 Å². The zero-order chi connectivity index (χ0) is 13.0. The summed E-state index contributed by atoms with van der Waals surface area (Å²) in [6, 6.07) is -0.190. The van der Waals surface area contributed by atoms with Crippen molar-refractivity contribution in [2.75, 3.05) is 13.1 Å². The first kappa shape index (κ1) is 13.7. The Labute approximate surface area is 100 Å². The van der Waals surface area contributed by atoms with Crippen molar-refractivity contribution in [2.45, 2.75) is 45.5 Å². The van der Waals surface area contributed by atoms with E-state index in [0.717, 1.165) is 0 Å². The first-order chi connectivity index (χ1) is 7.90. The van der Waals surface area contributed by atoms with Gasteiger partial charge in [0.25, 0.3) is 0 Å². The molecule has 0 aromatic rings. The number of hydrogen-bond donors (Lipinski definition) is 1. The summed E-state index contributed by atoms with van der Waals surface area (Å²) >= 11 is 0. The van der Waals surface area contributed by atoms with Crippen LogP contribution >= 0.6 is 0 Å². The smallest absolute Gasteiger partial charge is 0.410 e. The molecule has 1 heterocycles. The lowest BCUT2D eigenvalue weighted by Gasteiger charge is -2.22. The largest absolute Gasteiger partial charge is 0.442 e. The summed E-state index contributed by atoms with van der Waals surface area (Å²) in [6.45, 7) is 5.36. The van der Waals surface area contributed by atoms with E-state index < -0.39 is 12.3 Å². The maximum Gasteiger partial charge on any atom is 0.410 e. The molecule has 0 saturated carbocycles. The number of nitrogens with one attached hydrogen (secondary N) is 1. The third kappa shape index (κ3) is 4.20. The molecule has 3 atom stereocenters. The number of hydrogen-bond acceptors (Lipinski definition) is 3. The fourth-order valence-electron chi connectivity index (χ4n) is 1.86. The quantitative estimate of drug-likeness (QED) is 0.789. The van der Waals surface area contributed by atoms with Crippen molar-refractivity contribution < 1.29 is 18.7 Å². The molecule has 0 radical (unpaired) electrons. The van der Waals surface area contributed by atoms with E-state index in [-0.39, 0.29) is 18.1 Å². The Morgan fingerprint density at radius 3 is 2.82 bits per heavy atom. The fourth-order valence-corrected chi connectivity index (χ4v) is 1.86. The van der Waals surface area contributed by atoms with E-state index in [2.05, 4.69) is 5.32 Å². The maximum atomic E-state index is 12.8. The molecular formula is C11H19FN2O3. The molecule has 1 N–H and O–H groups in total. The van der Waals surface area contributed by atoms with Crippen molar-refractivity contribution in [3.05, 3.63) is 0 Å². The maximum absolute atomic E-state index is 12.8. The summed E-state index contributed by atoms with van der Waals surface area (Å²) in [5.74, 6) is -0.162. The van der Waals surface area contributed by atoms with Gasteiger partial charge >= 0.3 is 6.09 Å². The molecule has 2 amide bonds. The minimum Gasteiger partial charge on any atom is -0.442 e. The Morgan fingerprint density at radius 1 is 1.65 bits per heavy atom. The van der Waals surface area contributed by atoms with E-state index in [1.54, 1.807) is 6.92 Å². The minimum atomic E-state index is -0.952. The summed E-state index contributed by atoms with van der Waals surface area (Å²) in [6.07, 6.45) is -1.44. The lowest BCUT2D eigenvalue weighted by atomic mass is 10.1.